The lowest BCUT2D eigenvalue weighted by atomic mass is 9.94. The summed E-state index contributed by atoms with van der Waals surface area (Å²) in [5.41, 5.74) is 3.39. The third kappa shape index (κ3) is 8.34. The van der Waals surface area contributed by atoms with E-state index in [0.717, 1.165) is 41.3 Å². The maximum Gasteiger partial charge on any atom is 0.251 e. The van der Waals surface area contributed by atoms with Crippen molar-refractivity contribution in [3.05, 3.63) is 64.6 Å². The largest absolute Gasteiger partial charge is 0.352 e. The van der Waals surface area contributed by atoms with E-state index < -0.39 is 0 Å². The van der Waals surface area contributed by atoms with Gasteiger partial charge in [-0.3, -0.25) is 4.79 Å². The van der Waals surface area contributed by atoms with Crippen molar-refractivity contribution in [1.29, 1.82) is 5.41 Å². The van der Waals surface area contributed by atoms with Crippen LogP contribution in [-0.4, -0.2) is 18.2 Å². The molecule has 0 radical (unpaired) electrons. The molecule has 0 unspecified atom stereocenters. The van der Waals surface area contributed by atoms with Crippen molar-refractivity contribution >= 4 is 29.3 Å². The van der Waals surface area contributed by atoms with E-state index in [1.165, 1.54) is 37.6 Å². The van der Waals surface area contributed by atoms with Crippen LogP contribution in [0, 0.1) is 17.2 Å². The lowest BCUT2D eigenvalue weighted by Gasteiger charge is -2.16. The minimum absolute atomic E-state index is 0.0163. The van der Waals surface area contributed by atoms with Crippen LogP contribution >= 0.6 is 11.9 Å². The molecule has 3 rings (SSSR count). The van der Waals surface area contributed by atoms with Crippen molar-refractivity contribution in [2.45, 2.75) is 66.2 Å². The minimum Gasteiger partial charge on any atom is -0.352 e. The maximum atomic E-state index is 12.4. The highest BCUT2D eigenvalue weighted by molar-refractivity contribution is 8.04. The third-order valence-corrected chi connectivity index (χ3v) is 6.44. The summed E-state index contributed by atoms with van der Waals surface area (Å²) in [6, 6.07) is 8.08. The second-order valence-electron chi connectivity index (χ2n) is 8.20. The topological polar surface area (TPSA) is 65.0 Å². The molecule has 174 valence electrons. The van der Waals surface area contributed by atoms with E-state index in [1.54, 1.807) is 0 Å². The van der Waals surface area contributed by atoms with Gasteiger partial charge in [0.25, 0.3) is 5.91 Å². The predicted octanol–water partition coefficient (Wildman–Crippen LogP) is 7.26. The Kier molecular flexibility index (Phi) is 11.4. The molecule has 1 aromatic rings. The molecular weight excluding hydrogens is 414 g/mol. The van der Waals surface area contributed by atoms with Crippen LogP contribution in [0.15, 0.2) is 59.0 Å². The van der Waals surface area contributed by atoms with Gasteiger partial charge in [0.2, 0.25) is 0 Å². The first-order chi connectivity index (χ1) is 15.6. The molecule has 0 aromatic heterocycles. The molecule has 2 saturated carbocycles. The van der Waals surface area contributed by atoms with E-state index in [2.05, 4.69) is 10.0 Å². The van der Waals surface area contributed by atoms with Gasteiger partial charge in [0.1, 0.15) is 0 Å². The van der Waals surface area contributed by atoms with E-state index in [9.17, 15) is 4.79 Å². The molecule has 4 nitrogen and oxygen atoms in total. The Balaban J connectivity index is 0.00000176. The van der Waals surface area contributed by atoms with Gasteiger partial charge in [-0.2, -0.15) is 0 Å². The van der Waals surface area contributed by atoms with E-state index >= 15 is 0 Å². The zero-order valence-electron chi connectivity index (χ0n) is 20.0. The van der Waals surface area contributed by atoms with Crippen molar-refractivity contribution in [2.24, 2.45) is 11.8 Å². The van der Waals surface area contributed by atoms with Gasteiger partial charge in [-0.15, -0.1) is 0 Å². The van der Waals surface area contributed by atoms with Gasteiger partial charge in [0.15, 0.2) is 0 Å². The number of benzene rings is 1. The van der Waals surface area contributed by atoms with Crippen LogP contribution in [-0.2, 0) is 4.79 Å². The highest BCUT2D eigenvalue weighted by Gasteiger charge is 2.23. The summed E-state index contributed by atoms with van der Waals surface area (Å²) in [6.45, 7) is 8.72. The van der Waals surface area contributed by atoms with E-state index in [1.807, 2.05) is 76.3 Å². The van der Waals surface area contributed by atoms with Crippen molar-refractivity contribution < 1.29 is 4.79 Å². The van der Waals surface area contributed by atoms with Crippen LogP contribution in [0.2, 0.25) is 0 Å². The first kappa shape index (κ1) is 26.0. The molecular formula is C27H39N3OS. The molecule has 0 spiro atoms. The lowest BCUT2D eigenvalue weighted by Crippen LogP contribution is -2.26. The smallest absolute Gasteiger partial charge is 0.251 e. The molecule has 0 atom stereocenters. The summed E-state index contributed by atoms with van der Waals surface area (Å²) in [7, 11) is 0. The fraction of sp³-hybridized carbons (Fsp3) is 0.481. The molecule has 32 heavy (non-hydrogen) atoms. The van der Waals surface area contributed by atoms with Gasteiger partial charge in [-0.05, 0) is 69.5 Å². The first-order valence-corrected chi connectivity index (χ1v) is 12.8. The SMILES string of the molecule is CC.C\C=C/C(=C\C=C(/C)SNc1ccccc1C(=N)C1CCCC1)C(=O)NCC1CC1. The second-order valence-corrected chi connectivity index (χ2v) is 9.25. The van der Waals surface area contributed by atoms with E-state index in [4.69, 9.17) is 5.41 Å². The maximum absolute atomic E-state index is 12.4. The van der Waals surface area contributed by atoms with Crippen LogP contribution in [0.5, 0.6) is 0 Å². The highest BCUT2D eigenvalue weighted by Crippen LogP contribution is 2.32. The number of anilines is 1. The standard InChI is InChI=1S/C25H33N3OS.C2H6/c1-3-8-21(25(29)27-17-19-14-15-19)16-13-18(2)30-28-23-12-7-6-11-22(23)24(26)20-9-4-5-10-20;1-2/h3,6-8,11-13,16,19-20,26,28H,4-5,9-10,14-15,17H2,1-2H3,(H,27,29);1-2H3/b8-3-,18-13+,21-16+,26-24?;. The van der Waals surface area contributed by atoms with Crippen LogP contribution in [0.4, 0.5) is 5.69 Å². The zero-order valence-corrected chi connectivity index (χ0v) is 20.9. The Bertz CT molecular complexity index is 846. The van der Waals surface area contributed by atoms with Crippen molar-refractivity contribution in [3.63, 3.8) is 0 Å². The molecule has 2 fully saturated rings. The van der Waals surface area contributed by atoms with E-state index in [0.29, 0.717) is 17.4 Å². The Morgan fingerprint density at radius 2 is 1.81 bits per heavy atom. The van der Waals surface area contributed by atoms with Crippen LogP contribution in [0.1, 0.15) is 71.8 Å². The summed E-state index contributed by atoms with van der Waals surface area (Å²) < 4.78 is 3.41. The van der Waals surface area contributed by atoms with Crippen LogP contribution in [0.25, 0.3) is 0 Å². The number of amides is 1. The molecule has 2 aliphatic carbocycles. The molecule has 5 heteroatoms. The van der Waals surface area contributed by atoms with Gasteiger partial charge in [-0.25, -0.2) is 0 Å². The number of rotatable bonds is 10. The molecule has 1 aromatic carbocycles. The Morgan fingerprint density at radius 1 is 1.12 bits per heavy atom. The van der Waals surface area contributed by atoms with Gasteiger partial charge in [0, 0.05) is 34.2 Å². The fourth-order valence-corrected chi connectivity index (χ4v) is 4.25. The summed E-state index contributed by atoms with van der Waals surface area (Å²) >= 11 is 1.52. The van der Waals surface area contributed by atoms with Gasteiger partial charge < -0.3 is 15.4 Å². The normalized spacial score (nSPS) is 17.1. The Hall–Kier alpha value is -2.27. The fourth-order valence-electron chi connectivity index (χ4n) is 3.67. The third-order valence-electron chi connectivity index (χ3n) is 5.66. The summed E-state index contributed by atoms with van der Waals surface area (Å²) in [5.74, 6) is 1.04. The van der Waals surface area contributed by atoms with Crippen molar-refractivity contribution in [1.82, 2.24) is 5.32 Å². The van der Waals surface area contributed by atoms with Crippen molar-refractivity contribution in [3.8, 4) is 0 Å². The van der Waals surface area contributed by atoms with Crippen LogP contribution in [0.3, 0.4) is 0 Å². The van der Waals surface area contributed by atoms with Gasteiger partial charge in [-0.1, -0.05) is 63.1 Å². The molecule has 0 bridgehead atoms. The number of nitrogens with one attached hydrogen (secondary N) is 3. The number of hydrogen-bond donors (Lipinski definition) is 3. The predicted molar refractivity (Wildman–Crippen MR) is 140 cm³/mol. The number of carbonyl (C=O) groups excluding carboxylic acids is 1. The van der Waals surface area contributed by atoms with Crippen LogP contribution < -0.4 is 10.0 Å². The molecule has 2 aliphatic rings. The molecule has 3 N–H and O–H groups in total. The molecule has 0 heterocycles. The first-order valence-electron chi connectivity index (χ1n) is 12.0. The number of hydrogen-bond acceptors (Lipinski definition) is 4. The van der Waals surface area contributed by atoms with E-state index in [-0.39, 0.29) is 5.91 Å². The number of allylic oxidation sites excluding steroid dienone is 4. The van der Waals surface area contributed by atoms with Gasteiger partial charge in [0.05, 0.1) is 5.69 Å². The molecule has 0 aliphatic heterocycles. The average Bonchev–Trinajstić information content (AvgIpc) is 3.50. The lowest BCUT2D eigenvalue weighted by molar-refractivity contribution is -0.117. The summed E-state index contributed by atoms with van der Waals surface area (Å²) in [5, 5.41) is 11.7. The monoisotopic (exact) mass is 453 g/mol. The number of para-hydroxylation sites is 1. The minimum atomic E-state index is -0.0163. The summed E-state index contributed by atoms with van der Waals surface area (Å²) in [6.07, 6.45) is 14.7. The molecule has 1 amide bonds. The van der Waals surface area contributed by atoms with Crippen molar-refractivity contribution in [2.75, 3.05) is 11.3 Å². The summed E-state index contributed by atoms with van der Waals surface area (Å²) in [4.78, 5) is 13.4. The second kappa shape index (κ2) is 14.0. The average molecular weight is 454 g/mol. The molecule has 0 saturated heterocycles. The number of carbonyl (C=O) groups is 1. The van der Waals surface area contributed by atoms with Gasteiger partial charge >= 0.3 is 0 Å². The Labute approximate surface area is 198 Å². The Morgan fingerprint density at radius 3 is 2.47 bits per heavy atom. The highest BCUT2D eigenvalue weighted by atomic mass is 32.2. The zero-order chi connectivity index (χ0) is 23.3. The quantitative estimate of drug-likeness (QED) is 0.151.